The van der Waals surface area contributed by atoms with Crippen molar-refractivity contribution in [3.8, 4) is 0 Å². The highest BCUT2D eigenvalue weighted by atomic mass is 127. The molecule has 2 rings (SSSR count). The number of piperidine rings is 1. The van der Waals surface area contributed by atoms with Crippen LogP contribution < -0.4 is 0 Å². The minimum Gasteiger partial charge on any atom is -0.293 e. The van der Waals surface area contributed by atoms with Crippen LogP contribution in [0.3, 0.4) is 0 Å². The van der Waals surface area contributed by atoms with Crippen molar-refractivity contribution in [2.45, 2.75) is 12.8 Å². The largest absolute Gasteiger partial charge is 0.293 e. The first-order valence-corrected chi connectivity index (χ1v) is 6.92. The van der Waals surface area contributed by atoms with Gasteiger partial charge < -0.3 is 0 Å². The Morgan fingerprint density at radius 3 is 2.25 bits per heavy atom. The second kappa shape index (κ2) is 3.86. The zero-order valence-electron chi connectivity index (χ0n) is 7.10. The summed E-state index contributed by atoms with van der Waals surface area (Å²) in [4.78, 5) is 2.55. The molecule has 0 radical (unpaired) electrons. The maximum atomic E-state index is 2.55. The summed E-state index contributed by atoms with van der Waals surface area (Å²) < 4.78 is 3.64. The number of alkyl halides is 1. The van der Waals surface area contributed by atoms with E-state index in [0.29, 0.717) is 0 Å². The summed E-state index contributed by atoms with van der Waals surface area (Å²) in [6.45, 7) is 5.33. The minimum absolute atomic E-state index is 0.729. The van der Waals surface area contributed by atoms with Gasteiger partial charge in [0, 0.05) is 49.0 Å². The summed E-state index contributed by atoms with van der Waals surface area (Å²) in [6.07, 6.45) is 2.84. The third kappa shape index (κ3) is 1.90. The van der Waals surface area contributed by atoms with Crippen LogP contribution in [0, 0.1) is 5.41 Å². The van der Waals surface area contributed by atoms with Crippen LogP contribution in [0.2, 0.25) is 0 Å². The van der Waals surface area contributed by atoms with Crippen molar-refractivity contribution in [1.82, 2.24) is 8.01 Å². The fraction of sp³-hybridized carbons (Fsp3) is 1.00. The van der Waals surface area contributed by atoms with Gasteiger partial charge >= 0.3 is 0 Å². The number of hydrogen-bond donors (Lipinski definition) is 0. The first-order chi connectivity index (χ1) is 5.74. The third-order valence-corrected chi connectivity index (χ3v) is 4.99. The van der Waals surface area contributed by atoms with E-state index < -0.39 is 0 Å². The van der Waals surface area contributed by atoms with Gasteiger partial charge in [0.1, 0.15) is 0 Å². The van der Waals surface area contributed by atoms with Crippen LogP contribution in [0.25, 0.3) is 0 Å². The van der Waals surface area contributed by atoms with Crippen molar-refractivity contribution in [1.29, 1.82) is 0 Å². The molecule has 12 heavy (non-hydrogen) atoms. The quantitative estimate of drug-likeness (QED) is 0.292. The maximum Gasteiger partial charge on any atom is 0.0506 e. The van der Waals surface area contributed by atoms with Crippen LogP contribution in [-0.4, -0.2) is 38.7 Å². The smallest absolute Gasteiger partial charge is 0.0506 e. The molecule has 2 fully saturated rings. The first-order valence-electron chi connectivity index (χ1n) is 4.43. The lowest BCUT2D eigenvalue weighted by atomic mass is 9.73. The molecular weight excluding hydrogens is 378 g/mol. The van der Waals surface area contributed by atoms with Crippen LogP contribution in [-0.2, 0) is 0 Å². The van der Waals surface area contributed by atoms with Crippen molar-refractivity contribution < 1.29 is 0 Å². The van der Waals surface area contributed by atoms with E-state index in [4.69, 9.17) is 0 Å². The SMILES string of the molecule is ICN1CC2(CCN(I)CC2)C1. The van der Waals surface area contributed by atoms with Crippen molar-refractivity contribution in [3.05, 3.63) is 0 Å². The molecule has 0 atom stereocenters. The van der Waals surface area contributed by atoms with E-state index in [1.54, 1.807) is 0 Å². The average Bonchev–Trinajstić information content (AvgIpc) is 2.02. The highest BCUT2D eigenvalue weighted by Gasteiger charge is 2.43. The van der Waals surface area contributed by atoms with E-state index in [-0.39, 0.29) is 0 Å². The maximum absolute atomic E-state index is 2.55. The van der Waals surface area contributed by atoms with Crippen LogP contribution in [0.1, 0.15) is 12.8 Å². The highest BCUT2D eigenvalue weighted by molar-refractivity contribution is 14.1. The van der Waals surface area contributed by atoms with Crippen LogP contribution >= 0.6 is 45.5 Å². The fourth-order valence-corrected chi connectivity index (χ4v) is 3.22. The predicted molar refractivity (Wildman–Crippen MR) is 67.7 cm³/mol. The molecule has 0 aliphatic carbocycles. The Morgan fingerprint density at radius 2 is 1.75 bits per heavy atom. The average molecular weight is 392 g/mol. The topological polar surface area (TPSA) is 6.48 Å². The van der Waals surface area contributed by atoms with Crippen molar-refractivity contribution in [2.75, 3.05) is 30.7 Å². The third-order valence-electron chi connectivity index (χ3n) is 3.06. The lowest BCUT2D eigenvalue weighted by molar-refractivity contribution is -0.0155. The number of rotatable bonds is 1. The van der Waals surface area contributed by atoms with Gasteiger partial charge in [0.15, 0.2) is 0 Å². The van der Waals surface area contributed by atoms with E-state index >= 15 is 0 Å². The van der Waals surface area contributed by atoms with E-state index in [0.717, 1.165) is 5.41 Å². The fourth-order valence-electron chi connectivity index (χ4n) is 2.26. The van der Waals surface area contributed by atoms with Gasteiger partial charge in [0.05, 0.1) is 4.55 Å². The van der Waals surface area contributed by atoms with E-state index in [9.17, 15) is 0 Å². The van der Waals surface area contributed by atoms with Gasteiger partial charge in [-0.05, 0) is 18.3 Å². The van der Waals surface area contributed by atoms with Gasteiger partial charge in [-0.15, -0.1) is 0 Å². The Labute approximate surface area is 102 Å². The van der Waals surface area contributed by atoms with Crippen LogP contribution in [0.4, 0.5) is 0 Å². The van der Waals surface area contributed by atoms with Gasteiger partial charge in [0.25, 0.3) is 0 Å². The van der Waals surface area contributed by atoms with Gasteiger partial charge in [-0.3, -0.25) is 4.90 Å². The molecule has 0 aromatic carbocycles. The highest BCUT2D eigenvalue weighted by Crippen LogP contribution is 2.41. The molecule has 0 aromatic heterocycles. The van der Waals surface area contributed by atoms with Gasteiger partial charge in [-0.25, -0.2) is 3.11 Å². The Balaban J connectivity index is 1.83. The number of halogens is 2. The summed E-state index contributed by atoms with van der Waals surface area (Å²) in [5.74, 6) is 0. The van der Waals surface area contributed by atoms with Crippen LogP contribution in [0.15, 0.2) is 0 Å². The molecule has 2 nitrogen and oxygen atoms in total. The Morgan fingerprint density at radius 1 is 1.17 bits per heavy atom. The Bertz CT molecular complexity index is 151. The molecule has 2 aliphatic rings. The van der Waals surface area contributed by atoms with E-state index in [1.165, 1.54) is 43.6 Å². The molecule has 0 amide bonds. The number of nitrogens with zero attached hydrogens (tertiary/aromatic N) is 2. The molecule has 0 saturated carbocycles. The summed E-state index contributed by atoms with van der Waals surface area (Å²) in [7, 11) is 0. The van der Waals surface area contributed by atoms with Crippen molar-refractivity contribution in [3.63, 3.8) is 0 Å². The molecule has 0 N–H and O–H groups in total. The van der Waals surface area contributed by atoms with Crippen molar-refractivity contribution in [2.24, 2.45) is 5.41 Å². The standard InChI is InChI=1S/C8H14I2N2/c9-7-11-5-8(6-11)1-3-12(10)4-2-8/h1-7H2. The van der Waals surface area contributed by atoms with Gasteiger partial charge in [0.2, 0.25) is 0 Å². The molecule has 0 unspecified atom stereocenters. The van der Waals surface area contributed by atoms with Gasteiger partial charge in [-0.2, -0.15) is 0 Å². The van der Waals surface area contributed by atoms with Crippen molar-refractivity contribution >= 4 is 45.5 Å². The molecule has 1 spiro atoms. The summed E-state index contributed by atoms with van der Waals surface area (Å²) in [5.41, 5.74) is 0.729. The zero-order valence-corrected chi connectivity index (χ0v) is 11.4. The normalized spacial score (nSPS) is 30.5. The molecule has 2 aliphatic heterocycles. The summed E-state index contributed by atoms with van der Waals surface area (Å²) >= 11 is 4.91. The molecule has 4 heteroatoms. The number of likely N-dealkylation sites (tertiary alicyclic amines) is 1. The summed E-state index contributed by atoms with van der Waals surface area (Å²) in [5, 5.41) is 0. The lowest BCUT2D eigenvalue weighted by Gasteiger charge is -2.53. The van der Waals surface area contributed by atoms with E-state index in [1.807, 2.05) is 0 Å². The Hall–Kier alpha value is 1.38. The molecule has 2 saturated heterocycles. The second-order valence-electron chi connectivity index (χ2n) is 4.02. The van der Waals surface area contributed by atoms with Gasteiger partial charge in [-0.1, -0.05) is 22.6 Å². The molecule has 2 heterocycles. The van der Waals surface area contributed by atoms with Crippen LogP contribution in [0.5, 0.6) is 0 Å². The molecule has 70 valence electrons. The first kappa shape index (κ1) is 9.92. The number of hydrogen-bond acceptors (Lipinski definition) is 2. The second-order valence-corrected chi connectivity index (χ2v) is 6.06. The lowest BCUT2D eigenvalue weighted by Crippen LogP contribution is -2.58. The molecular formula is C8H14I2N2. The predicted octanol–water partition coefficient (Wildman–Crippen LogP) is 2.13. The Kier molecular flexibility index (Phi) is 3.19. The monoisotopic (exact) mass is 392 g/mol. The summed E-state index contributed by atoms with van der Waals surface area (Å²) in [6, 6.07) is 0. The van der Waals surface area contributed by atoms with E-state index in [2.05, 4.69) is 53.5 Å². The zero-order chi connectivity index (χ0) is 8.60. The molecule has 0 aromatic rings. The minimum atomic E-state index is 0.729. The molecule has 0 bridgehead atoms.